The minimum absolute atomic E-state index is 0.0174. The number of ether oxygens (including phenoxy) is 2. The lowest BCUT2D eigenvalue weighted by Gasteiger charge is -2.17. The van der Waals surface area contributed by atoms with Crippen molar-refractivity contribution in [1.82, 2.24) is 10.3 Å². The van der Waals surface area contributed by atoms with Crippen molar-refractivity contribution in [2.45, 2.75) is 18.4 Å². The zero-order valence-electron chi connectivity index (χ0n) is 20.3. The summed E-state index contributed by atoms with van der Waals surface area (Å²) < 4.78 is 10.7. The van der Waals surface area contributed by atoms with E-state index >= 15 is 0 Å². The molecule has 0 radical (unpaired) electrons. The number of nitrogens with zero attached hydrogens (tertiary/aromatic N) is 1. The number of hydrogen-bond acceptors (Lipinski definition) is 5. The molecule has 1 aromatic heterocycles. The number of amides is 1. The van der Waals surface area contributed by atoms with E-state index in [4.69, 9.17) is 9.47 Å². The average Bonchev–Trinajstić information content (AvgIpc) is 3.25. The molecule has 2 N–H and O–H groups in total. The standard InChI is InChI=1S/C30H26N2O5/c1-36-21-15-13-19(14-16-21)27-12-6-7-20(31-27)17-28(29(33)34)32-30(35)37-18-26-24-10-4-2-8-22(24)23-9-3-5-11-25(23)26/h2-16,26,28H,17-18H2,1H3,(H,32,35)(H,33,34). The zero-order valence-corrected chi connectivity index (χ0v) is 20.3. The van der Waals surface area contributed by atoms with Crippen molar-refractivity contribution in [3.8, 4) is 28.1 Å². The molecule has 0 aliphatic heterocycles. The zero-order chi connectivity index (χ0) is 25.8. The highest BCUT2D eigenvalue weighted by Gasteiger charge is 2.30. The molecule has 1 aliphatic rings. The van der Waals surface area contributed by atoms with Crippen molar-refractivity contribution >= 4 is 12.1 Å². The van der Waals surface area contributed by atoms with Gasteiger partial charge in [0, 0.05) is 23.6 Å². The monoisotopic (exact) mass is 494 g/mol. The number of hydrogen-bond donors (Lipinski definition) is 2. The van der Waals surface area contributed by atoms with Crippen LogP contribution in [0.2, 0.25) is 0 Å². The molecule has 7 heteroatoms. The van der Waals surface area contributed by atoms with Gasteiger partial charge in [-0.05, 0) is 58.7 Å². The molecule has 0 saturated heterocycles. The highest BCUT2D eigenvalue weighted by Crippen LogP contribution is 2.44. The van der Waals surface area contributed by atoms with Crippen molar-refractivity contribution < 1.29 is 24.2 Å². The van der Waals surface area contributed by atoms with Gasteiger partial charge in [0.15, 0.2) is 0 Å². The smallest absolute Gasteiger partial charge is 0.407 e. The van der Waals surface area contributed by atoms with E-state index in [2.05, 4.69) is 22.4 Å². The molecule has 5 rings (SSSR count). The van der Waals surface area contributed by atoms with E-state index in [0.717, 1.165) is 33.6 Å². The summed E-state index contributed by atoms with van der Waals surface area (Å²) in [7, 11) is 1.60. The molecule has 186 valence electrons. The Balaban J connectivity index is 1.25. The Morgan fingerprint density at radius 2 is 1.54 bits per heavy atom. The summed E-state index contributed by atoms with van der Waals surface area (Å²) in [6.07, 6.45) is -0.760. The molecule has 0 fully saturated rings. The normalized spacial score (nSPS) is 12.8. The SMILES string of the molecule is COc1ccc(-c2cccc(CC(NC(=O)OCC3c4ccccc4-c4ccccc43)C(=O)O)n2)cc1. The first kappa shape index (κ1) is 24.1. The van der Waals surface area contributed by atoms with E-state index in [-0.39, 0.29) is 18.9 Å². The quantitative estimate of drug-likeness (QED) is 0.345. The number of fused-ring (bicyclic) bond motifs is 3. The number of aromatic nitrogens is 1. The summed E-state index contributed by atoms with van der Waals surface area (Å²) in [5, 5.41) is 12.2. The maximum Gasteiger partial charge on any atom is 0.407 e. The van der Waals surface area contributed by atoms with Crippen molar-refractivity contribution in [2.75, 3.05) is 13.7 Å². The van der Waals surface area contributed by atoms with Crippen LogP contribution in [0.25, 0.3) is 22.4 Å². The Hall–Kier alpha value is -4.65. The van der Waals surface area contributed by atoms with E-state index in [0.29, 0.717) is 11.4 Å². The molecular formula is C30H26N2O5. The second kappa shape index (κ2) is 10.5. The van der Waals surface area contributed by atoms with Gasteiger partial charge in [0.25, 0.3) is 0 Å². The van der Waals surface area contributed by atoms with Crippen LogP contribution in [-0.4, -0.2) is 41.9 Å². The number of aliphatic carboxylic acids is 1. The van der Waals surface area contributed by atoms with E-state index in [1.807, 2.05) is 72.8 Å². The first-order valence-corrected chi connectivity index (χ1v) is 12.0. The van der Waals surface area contributed by atoms with Crippen LogP contribution in [0.5, 0.6) is 5.75 Å². The summed E-state index contributed by atoms with van der Waals surface area (Å²) in [4.78, 5) is 29.2. The predicted octanol–water partition coefficient (Wildman–Crippen LogP) is 5.29. The molecule has 1 atom stereocenters. The van der Waals surface area contributed by atoms with Gasteiger partial charge in [-0.3, -0.25) is 4.98 Å². The maximum atomic E-state index is 12.6. The van der Waals surface area contributed by atoms with Crippen LogP contribution in [-0.2, 0) is 16.0 Å². The minimum atomic E-state index is -1.19. The molecule has 1 unspecified atom stereocenters. The van der Waals surface area contributed by atoms with E-state index in [1.54, 1.807) is 13.2 Å². The number of pyridine rings is 1. The first-order valence-electron chi connectivity index (χ1n) is 12.0. The number of carbonyl (C=O) groups excluding carboxylic acids is 1. The number of nitrogens with one attached hydrogen (secondary N) is 1. The van der Waals surface area contributed by atoms with Gasteiger partial charge in [0.2, 0.25) is 0 Å². The fourth-order valence-electron chi connectivity index (χ4n) is 4.71. The summed E-state index contributed by atoms with van der Waals surface area (Å²) in [5.41, 5.74) is 6.54. The maximum absolute atomic E-state index is 12.6. The first-order chi connectivity index (χ1) is 18.0. The Labute approximate surface area is 214 Å². The van der Waals surface area contributed by atoms with Crippen molar-refractivity contribution in [3.63, 3.8) is 0 Å². The average molecular weight is 495 g/mol. The highest BCUT2D eigenvalue weighted by atomic mass is 16.5. The highest BCUT2D eigenvalue weighted by molar-refractivity contribution is 5.81. The van der Waals surface area contributed by atoms with Crippen LogP contribution >= 0.6 is 0 Å². The van der Waals surface area contributed by atoms with E-state index in [1.165, 1.54) is 0 Å². The topological polar surface area (TPSA) is 97.8 Å². The van der Waals surface area contributed by atoms with E-state index in [9.17, 15) is 14.7 Å². The number of carboxylic acid groups (broad SMARTS) is 1. The lowest BCUT2D eigenvalue weighted by Crippen LogP contribution is -2.43. The predicted molar refractivity (Wildman–Crippen MR) is 140 cm³/mol. The third-order valence-corrected chi connectivity index (χ3v) is 6.54. The summed E-state index contributed by atoms with van der Waals surface area (Å²) in [6, 6.07) is 27.7. The number of carbonyl (C=O) groups is 2. The van der Waals surface area contributed by atoms with Crippen LogP contribution in [0.4, 0.5) is 4.79 Å². The molecule has 1 heterocycles. The molecule has 1 aliphatic carbocycles. The van der Waals surface area contributed by atoms with Gasteiger partial charge >= 0.3 is 12.1 Å². The number of methoxy groups -OCH3 is 1. The molecule has 4 aromatic rings. The van der Waals surface area contributed by atoms with Gasteiger partial charge in [-0.1, -0.05) is 54.6 Å². The molecule has 0 spiro atoms. The fraction of sp³-hybridized carbons (Fsp3) is 0.167. The van der Waals surface area contributed by atoms with Gasteiger partial charge in [-0.15, -0.1) is 0 Å². The van der Waals surface area contributed by atoms with Gasteiger partial charge in [-0.25, -0.2) is 9.59 Å². The molecule has 37 heavy (non-hydrogen) atoms. The number of alkyl carbamates (subject to hydrolysis) is 1. The van der Waals surface area contributed by atoms with Crippen molar-refractivity contribution in [3.05, 3.63) is 108 Å². The molecule has 0 saturated carbocycles. The molecular weight excluding hydrogens is 468 g/mol. The summed E-state index contributed by atoms with van der Waals surface area (Å²) in [5.74, 6) is -0.535. The fourth-order valence-corrected chi connectivity index (χ4v) is 4.71. The van der Waals surface area contributed by atoms with Gasteiger partial charge in [0.1, 0.15) is 18.4 Å². The Morgan fingerprint density at radius 1 is 0.892 bits per heavy atom. The summed E-state index contributed by atoms with van der Waals surface area (Å²) in [6.45, 7) is 0.109. The molecule has 7 nitrogen and oxygen atoms in total. The van der Waals surface area contributed by atoms with Gasteiger partial charge in [0.05, 0.1) is 12.8 Å². The molecule has 1 amide bonds. The second-order valence-electron chi connectivity index (χ2n) is 8.81. The van der Waals surface area contributed by atoms with Crippen LogP contribution in [0.15, 0.2) is 91.0 Å². The summed E-state index contributed by atoms with van der Waals surface area (Å²) >= 11 is 0. The van der Waals surface area contributed by atoms with Crippen LogP contribution in [0.3, 0.4) is 0 Å². The number of rotatable bonds is 8. The van der Waals surface area contributed by atoms with E-state index < -0.39 is 18.1 Å². The van der Waals surface area contributed by atoms with Crippen molar-refractivity contribution in [2.24, 2.45) is 0 Å². The molecule has 3 aromatic carbocycles. The van der Waals surface area contributed by atoms with Crippen LogP contribution in [0, 0.1) is 0 Å². The number of carboxylic acids is 1. The lowest BCUT2D eigenvalue weighted by atomic mass is 9.98. The minimum Gasteiger partial charge on any atom is -0.497 e. The lowest BCUT2D eigenvalue weighted by molar-refractivity contribution is -0.139. The number of benzene rings is 3. The van der Waals surface area contributed by atoms with Crippen LogP contribution in [0.1, 0.15) is 22.7 Å². The van der Waals surface area contributed by atoms with Gasteiger partial charge < -0.3 is 19.9 Å². The largest absolute Gasteiger partial charge is 0.497 e. The third-order valence-electron chi connectivity index (χ3n) is 6.54. The van der Waals surface area contributed by atoms with Crippen molar-refractivity contribution in [1.29, 1.82) is 0 Å². The molecule has 0 bridgehead atoms. The second-order valence-corrected chi connectivity index (χ2v) is 8.81. The third kappa shape index (κ3) is 5.16. The van der Waals surface area contributed by atoms with Gasteiger partial charge in [-0.2, -0.15) is 0 Å². The Kier molecular flexibility index (Phi) is 6.85. The Bertz CT molecular complexity index is 1390. The Morgan fingerprint density at radius 3 is 2.16 bits per heavy atom. The van der Waals surface area contributed by atoms with Crippen LogP contribution < -0.4 is 10.1 Å².